The predicted octanol–water partition coefficient (Wildman–Crippen LogP) is 12.4. The molecule has 1 aromatic heterocycles. The molecule has 0 N–H and O–H groups in total. The van der Waals surface area contributed by atoms with E-state index in [1.165, 1.54) is 135 Å². The molecular formula is C38H52N2S. The third kappa shape index (κ3) is 6.61. The van der Waals surface area contributed by atoms with Gasteiger partial charge in [-0.2, -0.15) is 8.75 Å². The summed E-state index contributed by atoms with van der Waals surface area (Å²) in [5, 5.41) is 0. The molecule has 0 atom stereocenters. The molecule has 0 radical (unpaired) electrons. The van der Waals surface area contributed by atoms with Crippen LogP contribution >= 0.6 is 11.7 Å². The molecular weight excluding hydrogens is 516 g/mol. The van der Waals surface area contributed by atoms with Crippen molar-refractivity contribution in [2.24, 2.45) is 0 Å². The molecule has 0 bridgehead atoms. The Labute approximate surface area is 254 Å². The van der Waals surface area contributed by atoms with Gasteiger partial charge in [-0.15, -0.1) is 0 Å². The fourth-order valence-corrected chi connectivity index (χ4v) is 7.70. The normalized spacial score (nSPS) is 13.3. The number of aryl methyl sites for hydroxylation is 2. The molecule has 4 aromatic rings. The summed E-state index contributed by atoms with van der Waals surface area (Å²) < 4.78 is 9.36. The van der Waals surface area contributed by atoms with Crippen LogP contribution in [0.3, 0.4) is 0 Å². The Kier molecular flexibility index (Phi) is 11.2. The smallest absolute Gasteiger partial charge is 0.112 e. The number of fused-ring (bicyclic) bond motifs is 4. The highest BCUT2D eigenvalue weighted by atomic mass is 32.1. The molecule has 0 saturated heterocycles. The van der Waals surface area contributed by atoms with Crippen molar-refractivity contribution in [3.8, 4) is 22.3 Å². The third-order valence-electron chi connectivity index (χ3n) is 9.36. The first kappa shape index (κ1) is 31.4. The lowest BCUT2D eigenvalue weighted by Gasteiger charge is -2.33. The van der Waals surface area contributed by atoms with Crippen molar-refractivity contribution in [1.29, 1.82) is 0 Å². The van der Waals surface area contributed by atoms with Crippen LogP contribution in [0, 0.1) is 13.8 Å². The maximum absolute atomic E-state index is 4.74. The van der Waals surface area contributed by atoms with Gasteiger partial charge in [0, 0.05) is 11.0 Å². The van der Waals surface area contributed by atoms with Crippen molar-refractivity contribution in [3.05, 3.63) is 70.8 Å². The van der Waals surface area contributed by atoms with Crippen molar-refractivity contribution >= 4 is 22.8 Å². The highest BCUT2D eigenvalue weighted by molar-refractivity contribution is 7.00. The number of rotatable bonds is 15. The topological polar surface area (TPSA) is 25.8 Å². The predicted molar refractivity (Wildman–Crippen MR) is 181 cm³/mol. The lowest BCUT2D eigenvalue weighted by atomic mass is 9.70. The molecule has 2 nitrogen and oxygen atoms in total. The second-order valence-electron chi connectivity index (χ2n) is 12.3. The minimum absolute atomic E-state index is 0. The summed E-state index contributed by atoms with van der Waals surface area (Å²) in [6, 6.07) is 19.0. The molecule has 0 fully saturated rings. The highest BCUT2D eigenvalue weighted by Gasteiger charge is 2.42. The molecule has 3 heteroatoms. The van der Waals surface area contributed by atoms with E-state index in [1.54, 1.807) is 11.1 Å². The van der Waals surface area contributed by atoms with Crippen LogP contribution in [0.4, 0.5) is 0 Å². The van der Waals surface area contributed by atoms with E-state index in [4.69, 9.17) is 4.37 Å². The van der Waals surface area contributed by atoms with Gasteiger partial charge in [-0.1, -0.05) is 146 Å². The van der Waals surface area contributed by atoms with E-state index in [1.807, 2.05) is 0 Å². The van der Waals surface area contributed by atoms with Gasteiger partial charge in [0.05, 0.1) is 11.7 Å². The van der Waals surface area contributed by atoms with E-state index in [0.29, 0.717) is 0 Å². The molecule has 1 aliphatic carbocycles. The van der Waals surface area contributed by atoms with Crippen molar-refractivity contribution < 1.29 is 0 Å². The van der Waals surface area contributed by atoms with E-state index in [-0.39, 0.29) is 12.8 Å². The summed E-state index contributed by atoms with van der Waals surface area (Å²) in [5.74, 6) is 0. The molecule has 0 amide bonds. The van der Waals surface area contributed by atoms with Gasteiger partial charge in [-0.05, 0) is 66.1 Å². The Hall–Kier alpha value is -2.52. The van der Waals surface area contributed by atoms with Crippen LogP contribution in [0.2, 0.25) is 0 Å². The van der Waals surface area contributed by atoms with Crippen LogP contribution in [0.5, 0.6) is 0 Å². The molecule has 1 heterocycles. The standard InChI is InChI=1S/C37H48N2S.CH4/c1-5-7-9-11-13-15-23-37(24-16-14-12-10-8-6-2)33-25-27(3)17-20-31(33)32-22-19-29(26-34(32)37)30-21-18-28(4)35-36(30)39-40-38-35;/h17-22,25-26H,5-16,23-24H2,1-4H3;1H4. The van der Waals surface area contributed by atoms with Crippen LogP contribution in [0.25, 0.3) is 33.3 Å². The third-order valence-corrected chi connectivity index (χ3v) is 9.89. The largest absolute Gasteiger partial charge is 0.173 e. The van der Waals surface area contributed by atoms with Gasteiger partial charge in [-0.25, -0.2) is 0 Å². The van der Waals surface area contributed by atoms with Gasteiger partial charge >= 0.3 is 0 Å². The fourth-order valence-electron chi connectivity index (χ4n) is 7.08. The molecule has 3 aromatic carbocycles. The van der Waals surface area contributed by atoms with Gasteiger partial charge in [-0.3, -0.25) is 0 Å². The van der Waals surface area contributed by atoms with Gasteiger partial charge in [0.15, 0.2) is 0 Å². The quantitative estimate of drug-likeness (QED) is 0.133. The van der Waals surface area contributed by atoms with Crippen molar-refractivity contribution in [3.63, 3.8) is 0 Å². The maximum Gasteiger partial charge on any atom is 0.112 e. The van der Waals surface area contributed by atoms with Crippen molar-refractivity contribution in [1.82, 2.24) is 8.75 Å². The summed E-state index contributed by atoms with van der Waals surface area (Å²) in [7, 11) is 0. The van der Waals surface area contributed by atoms with Crippen molar-refractivity contribution in [2.75, 3.05) is 0 Å². The Balaban J connectivity index is 0.00000387. The number of hydrogen-bond acceptors (Lipinski definition) is 3. The first-order valence-corrected chi connectivity index (χ1v) is 16.8. The SMILES string of the molecule is C.CCCCCCCCC1(CCCCCCCC)c2cc(C)ccc2-c2ccc(-c3ccc(C)c4nsnc34)cc21. The molecule has 1 aliphatic rings. The second-order valence-corrected chi connectivity index (χ2v) is 12.8. The average Bonchev–Trinajstić information content (AvgIpc) is 3.55. The maximum atomic E-state index is 4.74. The zero-order chi connectivity index (χ0) is 28.0. The molecule has 0 saturated carbocycles. The number of unbranched alkanes of at least 4 members (excludes halogenated alkanes) is 10. The van der Waals surface area contributed by atoms with E-state index in [9.17, 15) is 0 Å². The molecule has 0 spiro atoms. The van der Waals surface area contributed by atoms with Gasteiger partial charge in [0.2, 0.25) is 0 Å². The van der Waals surface area contributed by atoms with Gasteiger partial charge in [0.25, 0.3) is 0 Å². The number of nitrogens with zero attached hydrogens (tertiary/aromatic N) is 2. The lowest BCUT2D eigenvalue weighted by Crippen LogP contribution is -2.25. The van der Waals surface area contributed by atoms with Crippen LogP contribution in [0.15, 0.2) is 48.5 Å². The Morgan fingerprint density at radius 2 is 1.12 bits per heavy atom. The number of aromatic nitrogens is 2. The monoisotopic (exact) mass is 568 g/mol. The molecule has 41 heavy (non-hydrogen) atoms. The van der Waals surface area contributed by atoms with Gasteiger partial charge in [0.1, 0.15) is 11.0 Å². The first-order valence-electron chi connectivity index (χ1n) is 16.1. The molecule has 0 aliphatic heterocycles. The summed E-state index contributed by atoms with van der Waals surface area (Å²) in [5.41, 5.74) is 13.4. The van der Waals surface area contributed by atoms with Crippen LogP contribution in [0.1, 0.15) is 133 Å². The Bertz CT molecular complexity index is 1400. The number of hydrogen-bond donors (Lipinski definition) is 0. The number of benzene rings is 3. The van der Waals surface area contributed by atoms with E-state index >= 15 is 0 Å². The minimum atomic E-state index is 0. The molecule has 220 valence electrons. The van der Waals surface area contributed by atoms with E-state index < -0.39 is 0 Å². The zero-order valence-electron chi connectivity index (χ0n) is 25.3. The van der Waals surface area contributed by atoms with Crippen LogP contribution < -0.4 is 0 Å². The molecule has 5 rings (SSSR count). The average molecular weight is 569 g/mol. The Morgan fingerprint density at radius 1 is 0.585 bits per heavy atom. The van der Waals surface area contributed by atoms with Crippen LogP contribution in [-0.4, -0.2) is 8.75 Å². The summed E-state index contributed by atoms with van der Waals surface area (Å²) in [4.78, 5) is 0. The van der Waals surface area contributed by atoms with Crippen LogP contribution in [-0.2, 0) is 5.41 Å². The minimum Gasteiger partial charge on any atom is -0.173 e. The highest BCUT2D eigenvalue weighted by Crippen LogP contribution is 2.55. The lowest BCUT2D eigenvalue weighted by molar-refractivity contribution is 0.398. The van der Waals surface area contributed by atoms with E-state index in [2.05, 4.69) is 80.6 Å². The van der Waals surface area contributed by atoms with E-state index in [0.717, 1.165) is 11.0 Å². The van der Waals surface area contributed by atoms with Crippen molar-refractivity contribution in [2.45, 2.75) is 130 Å². The Morgan fingerprint density at radius 3 is 1.78 bits per heavy atom. The first-order chi connectivity index (χ1) is 19.6. The molecule has 0 unspecified atom stereocenters. The second kappa shape index (κ2) is 14.6. The summed E-state index contributed by atoms with van der Waals surface area (Å²) in [6.45, 7) is 9.03. The van der Waals surface area contributed by atoms with Gasteiger partial charge < -0.3 is 0 Å². The fraction of sp³-hybridized carbons (Fsp3) is 0.526. The summed E-state index contributed by atoms with van der Waals surface area (Å²) >= 11 is 1.33. The zero-order valence-corrected chi connectivity index (χ0v) is 26.1. The summed E-state index contributed by atoms with van der Waals surface area (Å²) in [6.07, 6.45) is 18.7.